The summed E-state index contributed by atoms with van der Waals surface area (Å²) in [6, 6.07) is 23.6. The first-order chi connectivity index (χ1) is 17.1. The highest BCUT2D eigenvalue weighted by Crippen LogP contribution is 2.40. The van der Waals surface area contributed by atoms with Crippen LogP contribution in [0.2, 0.25) is 0 Å². The molecule has 1 amide bonds. The molecule has 3 aromatic rings. The molecule has 1 aliphatic rings. The molecule has 0 bridgehead atoms. The van der Waals surface area contributed by atoms with Crippen molar-refractivity contribution in [3.8, 4) is 11.5 Å². The fourth-order valence-electron chi connectivity index (χ4n) is 5.44. The van der Waals surface area contributed by atoms with E-state index in [9.17, 15) is 9.90 Å². The highest BCUT2D eigenvalue weighted by atomic mass is 16.5. The van der Waals surface area contributed by atoms with Crippen LogP contribution in [0.4, 0.5) is 0 Å². The van der Waals surface area contributed by atoms with Crippen molar-refractivity contribution in [2.45, 2.75) is 64.0 Å². The fourth-order valence-corrected chi connectivity index (χ4v) is 5.44. The van der Waals surface area contributed by atoms with E-state index >= 15 is 0 Å². The molecular weight excluding hydrogens is 448 g/mol. The van der Waals surface area contributed by atoms with Crippen molar-refractivity contribution in [3.05, 3.63) is 95.1 Å². The number of benzene rings is 3. The van der Waals surface area contributed by atoms with Gasteiger partial charge in [0.15, 0.2) is 0 Å². The van der Waals surface area contributed by atoms with E-state index in [1.165, 1.54) is 0 Å². The first kappa shape index (κ1) is 25.8. The van der Waals surface area contributed by atoms with Crippen molar-refractivity contribution in [2.75, 3.05) is 13.1 Å². The molecule has 3 N–H and O–H groups in total. The maximum atomic E-state index is 13.2. The van der Waals surface area contributed by atoms with Gasteiger partial charge in [0.2, 0.25) is 5.91 Å². The molecule has 1 aliphatic heterocycles. The average Bonchev–Trinajstić information content (AvgIpc) is 3.33. The largest absolute Gasteiger partial charge is 0.508 e. The van der Waals surface area contributed by atoms with E-state index in [-0.39, 0.29) is 23.3 Å². The van der Waals surface area contributed by atoms with Crippen molar-refractivity contribution >= 4 is 5.91 Å². The Balaban J connectivity index is 1.53. The molecule has 0 saturated carbocycles. The Kier molecular flexibility index (Phi) is 7.41. The standard InChI is InChI=1S/C31H38N2O3/c1-22-19-27(34)23(2)28(20-22)36-26-15-18-33(21-26)30(3,4)16-17-31(29(32)35,24-11-7-5-8-12-24)25-13-9-6-10-14-25/h5-14,19-20,26,34H,15-18,21H2,1-4H3,(H2,32,35). The van der Waals surface area contributed by atoms with Gasteiger partial charge in [0.05, 0.1) is 5.41 Å². The molecule has 1 fully saturated rings. The van der Waals surface area contributed by atoms with Gasteiger partial charge < -0.3 is 15.6 Å². The summed E-state index contributed by atoms with van der Waals surface area (Å²) in [6.45, 7) is 10.0. The van der Waals surface area contributed by atoms with E-state index in [1.807, 2.05) is 80.6 Å². The number of rotatable bonds is 9. The van der Waals surface area contributed by atoms with Gasteiger partial charge in [-0.15, -0.1) is 0 Å². The Morgan fingerprint density at radius 2 is 1.58 bits per heavy atom. The zero-order valence-electron chi connectivity index (χ0n) is 21.8. The number of nitrogens with zero attached hydrogens (tertiary/aromatic N) is 1. The maximum absolute atomic E-state index is 13.2. The molecule has 1 heterocycles. The third-order valence-corrected chi connectivity index (χ3v) is 7.84. The summed E-state index contributed by atoms with van der Waals surface area (Å²) >= 11 is 0. The van der Waals surface area contributed by atoms with Crippen LogP contribution in [0, 0.1) is 13.8 Å². The van der Waals surface area contributed by atoms with Crippen LogP contribution < -0.4 is 10.5 Å². The van der Waals surface area contributed by atoms with Gasteiger partial charge in [-0.05, 0) is 75.8 Å². The van der Waals surface area contributed by atoms with Crippen LogP contribution in [-0.2, 0) is 10.2 Å². The number of hydrogen-bond donors (Lipinski definition) is 2. The lowest BCUT2D eigenvalue weighted by molar-refractivity contribution is -0.122. The summed E-state index contributed by atoms with van der Waals surface area (Å²) in [4.78, 5) is 15.6. The molecule has 0 aromatic heterocycles. The lowest BCUT2D eigenvalue weighted by Crippen LogP contribution is -2.47. The summed E-state index contributed by atoms with van der Waals surface area (Å²) in [5.74, 6) is 0.691. The number of carbonyl (C=O) groups excluding carboxylic acids is 1. The minimum absolute atomic E-state index is 0.0494. The number of hydrogen-bond acceptors (Lipinski definition) is 4. The molecule has 1 atom stereocenters. The summed E-state index contributed by atoms with van der Waals surface area (Å²) < 4.78 is 6.34. The van der Waals surface area contributed by atoms with Crippen LogP contribution in [0.25, 0.3) is 0 Å². The van der Waals surface area contributed by atoms with Crippen LogP contribution in [0.1, 0.15) is 55.4 Å². The van der Waals surface area contributed by atoms with E-state index < -0.39 is 5.41 Å². The van der Waals surface area contributed by atoms with Gasteiger partial charge in [0, 0.05) is 24.2 Å². The van der Waals surface area contributed by atoms with Gasteiger partial charge in [0.1, 0.15) is 17.6 Å². The molecule has 36 heavy (non-hydrogen) atoms. The zero-order valence-corrected chi connectivity index (χ0v) is 21.8. The lowest BCUT2D eigenvalue weighted by atomic mass is 9.69. The molecule has 1 saturated heterocycles. The third-order valence-electron chi connectivity index (χ3n) is 7.84. The van der Waals surface area contributed by atoms with Gasteiger partial charge in [-0.1, -0.05) is 60.7 Å². The molecule has 0 aliphatic carbocycles. The van der Waals surface area contributed by atoms with E-state index in [0.717, 1.165) is 53.9 Å². The second kappa shape index (κ2) is 10.4. The SMILES string of the molecule is Cc1cc(O)c(C)c(OC2CCN(C(C)(C)CCC(C(N)=O)(c3ccccc3)c3ccccc3)C2)c1. The molecular formula is C31H38N2O3. The molecule has 4 rings (SSSR count). The second-order valence-corrected chi connectivity index (χ2v) is 10.7. The minimum Gasteiger partial charge on any atom is -0.508 e. The zero-order chi connectivity index (χ0) is 25.9. The molecule has 1 unspecified atom stereocenters. The Bertz CT molecular complexity index is 1150. The van der Waals surface area contributed by atoms with E-state index in [0.29, 0.717) is 6.42 Å². The van der Waals surface area contributed by atoms with Gasteiger partial charge in [-0.3, -0.25) is 9.69 Å². The van der Waals surface area contributed by atoms with Crippen molar-refractivity contribution in [3.63, 3.8) is 0 Å². The fraction of sp³-hybridized carbons (Fsp3) is 0.387. The number of amides is 1. The van der Waals surface area contributed by atoms with Crippen LogP contribution in [0.3, 0.4) is 0 Å². The van der Waals surface area contributed by atoms with Gasteiger partial charge in [0.25, 0.3) is 0 Å². The first-order valence-corrected chi connectivity index (χ1v) is 12.8. The van der Waals surface area contributed by atoms with Crippen molar-refractivity contribution in [2.24, 2.45) is 5.73 Å². The summed E-state index contributed by atoms with van der Waals surface area (Å²) in [6.07, 6.45) is 2.36. The average molecular weight is 487 g/mol. The van der Waals surface area contributed by atoms with Crippen molar-refractivity contribution in [1.29, 1.82) is 0 Å². The molecule has 0 radical (unpaired) electrons. The quantitative estimate of drug-likeness (QED) is 0.419. The first-order valence-electron chi connectivity index (χ1n) is 12.8. The van der Waals surface area contributed by atoms with E-state index in [4.69, 9.17) is 10.5 Å². The summed E-state index contributed by atoms with van der Waals surface area (Å²) in [5, 5.41) is 10.2. The molecule has 190 valence electrons. The summed E-state index contributed by atoms with van der Waals surface area (Å²) in [5.41, 5.74) is 8.72. The molecule has 5 nitrogen and oxygen atoms in total. The predicted octanol–water partition coefficient (Wildman–Crippen LogP) is 5.49. The lowest BCUT2D eigenvalue weighted by Gasteiger charge is -2.40. The van der Waals surface area contributed by atoms with E-state index in [1.54, 1.807) is 6.07 Å². The van der Waals surface area contributed by atoms with E-state index in [2.05, 4.69) is 18.7 Å². The summed E-state index contributed by atoms with van der Waals surface area (Å²) in [7, 11) is 0. The number of likely N-dealkylation sites (tertiary alicyclic amines) is 1. The van der Waals surface area contributed by atoms with Crippen LogP contribution in [0.5, 0.6) is 11.5 Å². The Morgan fingerprint density at radius 1 is 1.00 bits per heavy atom. The monoisotopic (exact) mass is 486 g/mol. The maximum Gasteiger partial charge on any atom is 0.232 e. The smallest absolute Gasteiger partial charge is 0.232 e. The number of phenolic OH excluding ortho intramolecular Hbond substituents is 1. The van der Waals surface area contributed by atoms with Gasteiger partial charge in [-0.25, -0.2) is 0 Å². The highest BCUT2D eigenvalue weighted by molar-refractivity contribution is 5.90. The number of nitrogens with two attached hydrogens (primary N) is 1. The number of aromatic hydroxyl groups is 1. The number of carbonyl (C=O) groups is 1. The molecule has 3 aromatic carbocycles. The van der Waals surface area contributed by atoms with Crippen LogP contribution in [0.15, 0.2) is 72.8 Å². The Hall–Kier alpha value is -3.31. The topological polar surface area (TPSA) is 75.8 Å². The normalized spacial score (nSPS) is 16.7. The number of ether oxygens (including phenoxy) is 1. The third kappa shape index (κ3) is 5.12. The van der Waals surface area contributed by atoms with Gasteiger partial charge in [-0.2, -0.15) is 0 Å². The molecule has 0 spiro atoms. The molecule has 5 heteroatoms. The van der Waals surface area contributed by atoms with Gasteiger partial charge >= 0.3 is 0 Å². The predicted molar refractivity (Wildman–Crippen MR) is 144 cm³/mol. The van der Waals surface area contributed by atoms with Crippen molar-refractivity contribution in [1.82, 2.24) is 4.90 Å². The Morgan fingerprint density at radius 3 is 2.14 bits per heavy atom. The van der Waals surface area contributed by atoms with Crippen LogP contribution >= 0.6 is 0 Å². The minimum atomic E-state index is -0.897. The Labute approximate surface area is 214 Å². The number of primary amides is 1. The van der Waals surface area contributed by atoms with Crippen LogP contribution in [-0.4, -0.2) is 40.6 Å². The van der Waals surface area contributed by atoms with Crippen molar-refractivity contribution < 1.29 is 14.6 Å². The number of phenols is 1. The highest BCUT2D eigenvalue weighted by Gasteiger charge is 2.43. The second-order valence-electron chi connectivity index (χ2n) is 10.7. The number of aryl methyl sites for hydroxylation is 1.